The smallest absolute Gasteiger partial charge is 0.302 e. The molecule has 3 fully saturated rings. The first-order valence-electron chi connectivity index (χ1n) is 14.3. The van der Waals surface area contributed by atoms with Gasteiger partial charge in [-0.1, -0.05) is 86.2 Å². The van der Waals surface area contributed by atoms with Crippen LogP contribution in [0.4, 0.5) is 0 Å². The first-order valence-corrected chi connectivity index (χ1v) is 14.3. The summed E-state index contributed by atoms with van der Waals surface area (Å²) >= 11 is 0. The van der Waals surface area contributed by atoms with Crippen molar-refractivity contribution in [2.75, 3.05) is 0 Å². The summed E-state index contributed by atoms with van der Waals surface area (Å²) in [6, 6.07) is 20.8. The first-order chi connectivity index (χ1) is 17.8. The van der Waals surface area contributed by atoms with E-state index in [1.54, 1.807) is 0 Å². The highest BCUT2D eigenvalue weighted by atomic mass is 16.5. The Morgan fingerprint density at radius 3 is 2.30 bits per heavy atom. The molecule has 6 rings (SSSR count). The molecule has 4 aliphatic rings. The minimum absolute atomic E-state index is 0.00520. The number of ketones is 1. The van der Waals surface area contributed by atoms with Crippen LogP contribution < -0.4 is 0 Å². The van der Waals surface area contributed by atoms with E-state index in [9.17, 15) is 9.59 Å². The largest absolute Gasteiger partial charge is 0.462 e. The van der Waals surface area contributed by atoms with E-state index >= 15 is 0 Å². The van der Waals surface area contributed by atoms with E-state index in [1.807, 2.05) is 30.3 Å². The first kappa shape index (κ1) is 24.6. The van der Waals surface area contributed by atoms with Gasteiger partial charge in [0, 0.05) is 24.8 Å². The number of esters is 1. The lowest BCUT2D eigenvalue weighted by atomic mass is 9.47. The second kappa shape index (κ2) is 9.26. The van der Waals surface area contributed by atoms with E-state index in [0.29, 0.717) is 23.5 Å². The normalized spacial score (nSPS) is 38.5. The number of carbonyl (C=O) groups is 2. The summed E-state index contributed by atoms with van der Waals surface area (Å²) in [4.78, 5) is 25.8. The monoisotopic (exact) mass is 496 g/mol. The third kappa shape index (κ3) is 4.01. The lowest BCUT2D eigenvalue weighted by molar-refractivity contribution is -0.148. The topological polar surface area (TPSA) is 43.4 Å². The van der Waals surface area contributed by atoms with Gasteiger partial charge in [-0.25, -0.2) is 0 Å². The van der Waals surface area contributed by atoms with Gasteiger partial charge in [-0.2, -0.15) is 0 Å². The number of allylic oxidation sites excluding steroid dienone is 1. The molecule has 3 saturated carbocycles. The third-order valence-electron chi connectivity index (χ3n) is 11.0. The summed E-state index contributed by atoms with van der Waals surface area (Å²) in [5.74, 6) is 2.24. The SMILES string of the molecule is CC(=O)OC1CCC2(C)C(=CCC3C2CCC2(C)C3CC(c3ccccc3)C2C(=O)c2ccccc2)C1. The molecule has 8 atom stereocenters. The number of benzene rings is 2. The van der Waals surface area contributed by atoms with Crippen LogP contribution in [0.5, 0.6) is 0 Å². The van der Waals surface area contributed by atoms with Gasteiger partial charge >= 0.3 is 5.97 Å². The molecule has 0 amide bonds. The Kier molecular flexibility index (Phi) is 6.17. The Bertz CT molecular complexity index is 1200. The Morgan fingerprint density at radius 1 is 0.892 bits per heavy atom. The summed E-state index contributed by atoms with van der Waals surface area (Å²) in [7, 11) is 0. The van der Waals surface area contributed by atoms with E-state index in [0.717, 1.165) is 44.1 Å². The Morgan fingerprint density at radius 2 is 1.59 bits per heavy atom. The van der Waals surface area contributed by atoms with Gasteiger partial charge < -0.3 is 4.74 Å². The third-order valence-corrected chi connectivity index (χ3v) is 11.0. The Hall–Kier alpha value is -2.68. The van der Waals surface area contributed by atoms with Gasteiger partial charge in [-0.15, -0.1) is 0 Å². The lowest BCUT2D eigenvalue weighted by Crippen LogP contribution is -2.51. The molecule has 0 spiro atoms. The average Bonchev–Trinajstić information content (AvgIpc) is 3.22. The molecule has 4 aliphatic carbocycles. The highest BCUT2D eigenvalue weighted by molar-refractivity contribution is 5.99. The number of hydrogen-bond acceptors (Lipinski definition) is 3. The lowest BCUT2D eigenvalue weighted by Gasteiger charge is -2.58. The van der Waals surface area contributed by atoms with Gasteiger partial charge in [-0.05, 0) is 78.6 Å². The number of Topliss-reactive ketones (excluding diaryl/α,β-unsaturated/α-hetero) is 1. The highest BCUT2D eigenvalue weighted by Gasteiger charge is 2.62. The zero-order valence-electron chi connectivity index (χ0n) is 22.5. The van der Waals surface area contributed by atoms with Crippen LogP contribution in [0.2, 0.25) is 0 Å². The maximum atomic E-state index is 14.2. The van der Waals surface area contributed by atoms with Gasteiger partial charge in [-0.3, -0.25) is 9.59 Å². The summed E-state index contributed by atoms with van der Waals surface area (Å²) < 4.78 is 5.63. The van der Waals surface area contributed by atoms with Crippen LogP contribution in [0.3, 0.4) is 0 Å². The minimum atomic E-state index is -0.164. The molecule has 0 aliphatic heterocycles. The van der Waals surface area contributed by atoms with Crippen molar-refractivity contribution in [3.8, 4) is 0 Å². The molecular formula is C34H40O3. The van der Waals surface area contributed by atoms with Crippen LogP contribution in [0.15, 0.2) is 72.3 Å². The fraction of sp³-hybridized carbons (Fsp3) is 0.529. The maximum absolute atomic E-state index is 14.2. The van der Waals surface area contributed by atoms with Crippen LogP contribution in [-0.4, -0.2) is 17.9 Å². The molecule has 0 radical (unpaired) electrons. The van der Waals surface area contributed by atoms with Gasteiger partial charge in [0.2, 0.25) is 0 Å². The van der Waals surface area contributed by atoms with E-state index in [2.05, 4.69) is 50.3 Å². The highest BCUT2D eigenvalue weighted by Crippen LogP contribution is 2.69. The maximum Gasteiger partial charge on any atom is 0.302 e. The fourth-order valence-electron chi connectivity index (χ4n) is 9.30. The van der Waals surface area contributed by atoms with Crippen LogP contribution >= 0.6 is 0 Å². The van der Waals surface area contributed by atoms with Gasteiger partial charge in [0.05, 0.1) is 0 Å². The van der Waals surface area contributed by atoms with Crippen molar-refractivity contribution in [1.29, 1.82) is 0 Å². The van der Waals surface area contributed by atoms with Gasteiger partial charge in [0.1, 0.15) is 6.10 Å². The van der Waals surface area contributed by atoms with Crippen LogP contribution in [0.25, 0.3) is 0 Å². The molecule has 3 nitrogen and oxygen atoms in total. The summed E-state index contributed by atoms with van der Waals surface area (Å²) in [5.41, 5.74) is 3.89. The van der Waals surface area contributed by atoms with Crippen LogP contribution in [-0.2, 0) is 9.53 Å². The van der Waals surface area contributed by atoms with Crippen molar-refractivity contribution in [2.45, 2.75) is 77.7 Å². The molecule has 0 heterocycles. The fourth-order valence-corrected chi connectivity index (χ4v) is 9.30. The minimum Gasteiger partial charge on any atom is -0.462 e. The second-order valence-electron chi connectivity index (χ2n) is 12.7. The zero-order chi connectivity index (χ0) is 25.8. The number of hydrogen-bond donors (Lipinski definition) is 0. The Balaban J connectivity index is 1.35. The van der Waals surface area contributed by atoms with E-state index < -0.39 is 0 Å². The number of fused-ring (bicyclic) bond motifs is 5. The zero-order valence-corrected chi connectivity index (χ0v) is 22.5. The predicted molar refractivity (Wildman–Crippen MR) is 146 cm³/mol. The van der Waals surface area contributed by atoms with Crippen molar-refractivity contribution in [3.63, 3.8) is 0 Å². The molecular weight excluding hydrogens is 456 g/mol. The molecule has 37 heavy (non-hydrogen) atoms. The van der Waals surface area contributed by atoms with Crippen molar-refractivity contribution >= 4 is 11.8 Å². The molecule has 8 unspecified atom stereocenters. The van der Waals surface area contributed by atoms with Crippen molar-refractivity contribution in [3.05, 3.63) is 83.4 Å². The molecule has 0 aromatic heterocycles. The summed E-state index contributed by atoms with van der Waals surface area (Å²) in [6.07, 6.45) is 9.97. The molecule has 0 bridgehead atoms. The predicted octanol–water partition coefficient (Wildman–Crippen LogP) is 7.77. The van der Waals surface area contributed by atoms with Gasteiger partial charge in [0.15, 0.2) is 5.78 Å². The molecule has 2 aromatic rings. The molecule has 194 valence electrons. The van der Waals surface area contributed by atoms with Crippen LogP contribution in [0.1, 0.15) is 87.6 Å². The summed E-state index contributed by atoms with van der Waals surface area (Å²) in [6.45, 7) is 6.46. The average molecular weight is 497 g/mol. The van der Waals surface area contributed by atoms with Crippen molar-refractivity contribution in [1.82, 2.24) is 0 Å². The summed E-state index contributed by atoms with van der Waals surface area (Å²) in [5, 5.41) is 0. The number of carbonyl (C=O) groups excluding carboxylic acids is 2. The number of ether oxygens (including phenoxy) is 1. The van der Waals surface area contributed by atoms with Crippen LogP contribution in [0, 0.1) is 34.5 Å². The standard InChI is InChI=1S/C34H40O3/c1-22(35)37-26-16-18-33(2)25(20-26)14-15-27-29(33)17-19-34(3)30(27)21-28(23-10-6-4-7-11-23)31(34)32(36)24-12-8-5-9-13-24/h4-14,26-31H,15-21H2,1-3H3. The van der Waals surface area contributed by atoms with E-state index in [-0.39, 0.29) is 34.7 Å². The quantitative estimate of drug-likeness (QED) is 0.247. The second-order valence-corrected chi connectivity index (χ2v) is 12.7. The molecule has 0 saturated heterocycles. The number of rotatable bonds is 4. The molecule has 3 heteroatoms. The molecule has 2 aromatic carbocycles. The van der Waals surface area contributed by atoms with Crippen molar-refractivity contribution < 1.29 is 14.3 Å². The van der Waals surface area contributed by atoms with Crippen molar-refractivity contribution in [2.24, 2.45) is 34.5 Å². The van der Waals surface area contributed by atoms with E-state index in [4.69, 9.17) is 4.74 Å². The van der Waals surface area contributed by atoms with E-state index in [1.165, 1.54) is 24.5 Å². The Labute approximate surface area is 221 Å². The molecule has 0 N–H and O–H groups in total. The van der Waals surface area contributed by atoms with Gasteiger partial charge in [0.25, 0.3) is 0 Å².